The Morgan fingerprint density at radius 1 is 1.00 bits per heavy atom. The van der Waals surface area contributed by atoms with E-state index in [9.17, 15) is 4.79 Å². The molecule has 0 atom stereocenters. The number of nitrogens with zero attached hydrogens (tertiary/aromatic N) is 3. The molecule has 2 saturated heterocycles. The quantitative estimate of drug-likeness (QED) is 0.369. The van der Waals surface area contributed by atoms with E-state index in [1.807, 2.05) is 13.0 Å². The molecule has 2 fully saturated rings. The van der Waals surface area contributed by atoms with E-state index in [2.05, 4.69) is 44.1 Å². The Kier molecular flexibility index (Phi) is 10.1. The lowest BCUT2D eigenvalue weighted by Crippen LogP contribution is -2.43. The van der Waals surface area contributed by atoms with Gasteiger partial charge in [0.1, 0.15) is 0 Å². The number of fused-ring (bicyclic) bond motifs is 1. The number of morpholine rings is 2. The first-order valence-corrected chi connectivity index (χ1v) is 13.7. The number of nitrogens with one attached hydrogen (secondary N) is 2. The molecule has 2 aliphatic rings. The van der Waals surface area contributed by atoms with Gasteiger partial charge in [-0.25, -0.2) is 0 Å². The molecule has 0 spiro atoms. The molecule has 4 rings (SSSR count). The lowest BCUT2D eigenvalue weighted by molar-refractivity contribution is 0.0367. The normalized spacial score (nSPS) is 17.4. The summed E-state index contributed by atoms with van der Waals surface area (Å²) in [6.45, 7) is 15.5. The van der Waals surface area contributed by atoms with Gasteiger partial charge in [-0.3, -0.25) is 14.6 Å². The van der Waals surface area contributed by atoms with Crippen LogP contribution >= 0.6 is 12.2 Å². The monoisotopic (exact) mass is 515 g/mol. The number of aromatic amines is 1. The molecule has 0 radical (unpaired) electrons. The summed E-state index contributed by atoms with van der Waals surface area (Å²) in [4.78, 5) is 23.1. The molecule has 2 N–H and O–H groups in total. The summed E-state index contributed by atoms with van der Waals surface area (Å²) in [7, 11) is 0. The van der Waals surface area contributed by atoms with Crippen LogP contribution in [-0.4, -0.2) is 104 Å². The van der Waals surface area contributed by atoms with E-state index in [0.717, 1.165) is 119 Å². The molecule has 2 aliphatic heterocycles. The van der Waals surface area contributed by atoms with Gasteiger partial charge in [-0.05, 0) is 68.5 Å². The zero-order valence-electron chi connectivity index (χ0n) is 21.8. The van der Waals surface area contributed by atoms with E-state index in [1.54, 1.807) is 0 Å². The Bertz CT molecular complexity index is 1060. The fourth-order valence-electron chi connectivity index (χ4n) is 5.05. The van der Waals surface area contributed by atoms with Crippen molar-refractivity contribution in [2.24, 2.45) is 0 Å². The molecule has 0 unspecified atom stereocenters. The average Bonchev–Trinajstić information content (AvgIpc) is 2.88. The second-order valence-corrected chi connectivity index (χ2v) is 10.3. The summed E-state index contributed by atoms with van der Waals surface area (Å²) < 4.78 is 10.9. The molecule has 8 nitrogen and oxygen atoms in total. The summed E-state index contributed by atoms with van der Waals surface area (Å²) in [5.74, 6) is 0. The Morgan fingerprint density at radius 2 is 1.64 bits per heavy atom. The number of H-pyrrole nitrogens is 1. The smallest absolute Gasteiger partial charge is 0.253 e. The zero-order valence-corrected chi connectivity index (χ0v) is 22.6. The van der Waals surface area contributed by atoms with Crippen LogP contribution in [0.25, 0.3) is 10.9 Å². The highest BCUT2D eigenvalue weighted by atomic mass is 32.1. The first-order chi connectivity index (χ1) is 17.5. The zero-order chi connectivity index (χ0) is 25.3. The van der Waals surface area contributed by atoms with Crippen molar-refractivity contribution in [1.29, 1.82) is 0 Å². The van der Waals surface area contributed by atoms with Crippen LogP contribution in [0.4, 0.5) is 0 Å². The van der Waals surface area contributed by atoms with Gasteiger partial charge in [0.05, 0.1) is 38.5 Å². The number of thiocarbonyl (C=S) groups is 1. The SMILES string of the molecule is Cc1cc(C)c2[nH]c(=O)c(CN(CCCN3CCOCC3)C(=S)NCCCN3CCOCC3)cc2c1. The fraction of sp³-hybridized carbons (Fsp3) is 0.630. The molecular weight excluding hydrogens is 474 g/mol. The largest absolute Gasteiger partial charge is 0.379 e. The van der Waals surface area contributed by atoms with Crippen molar-refractivity contribution in [3.8, 4) is 0 Å². The highest BCUT2D eigenvalue weighted by Crippen LogP contribution is 2.18. The van der Waals surface area contributed by atoms with Gasteiger partial charge in [-0.2, -0.15) is 0 Å². The molecule has 0 aliphatic carbocycles. The Morgan fingerprint density at radius 3 is 2.31 bits per heavy atom. The second-order valence-electron chi connectivity index (χ2n) is 9.94. The standard InChI is InChI=1S/C27H41N5O3S/c1-21-17-22(2)25-23(18-21)19-24(26(33)29-25)20-32(8-4-7-31-11-15-35-16-12-31)27(36)28-5-3-6-30-9-13-34-14-10-30/h17-19H,3-16,20H2,1-2H3,(H,28,36)(H,29,33). The predicted octanol–water partition coefficient (Wildman–Crippen LogP) is 2.27. The summed E-state index contributed by atoms with van der Waals surface area (Å²) in [5, 5.41) is 5.25. The number of aromatic nitrogens is 1. The molecule has 3 heterocycles. The van der Waals surface area contributed by atoms with Gasteiger partial charge in [-0.15, -0.1) is 0 Å². The minimum absolute atomic E-state index is 0.0391. The summed E-state index contributed by atoms with van der Waals surface area (Å²) in [6, 6.07) is 6.27. The van der Waals surface area contributed by atoms with E-state index in [-0.39, 0.29) is 5.56 Å². The maximum atomic E-state index is 13.0. The van der Waals surface area contributed by atoms with Gasteiger partial charge in [-0.1, -0.05) is 11.6 Å². The van der Waals surface area contributed by atoms with E-state index in [0.29, 0.717) is 6.54 Å². The summed E-state index contributed by atoms with van der Waals surface area (Å²) >= 11 is 5.83. The third-order valence-corrected chi connectivity index (χ3v) is 7.46. The van der Waals surface area contributed by atoms with Crippen LogP contribution in [0.3, 0.4) is 0 Å². The number of hydrogen-bond donors (Lipinski definition) is 2. The van der Waals surface area contributed by atoms with Gasteiger partial charge >= 0.3 is 0 Å². The number of pyridine rings is 1. The predicted molar refractivity (Wildman–Crippen MR) is 149 cm³/mol. The van der Waals surface area contributed by atoms with Crippen LogP contribution in [0.15, 0.2) is 23.0 Å². The number of aryl methyl sites for hydroxylation is 2. The van der Waals surface area contributed by atoms with E-state index < -0.39 is 0 Å². The van der Waals surface area contributed by atoms with Crippen LogP contribution in [0.1, 0.15) is 29.5 Å². The van der Waals surface area contributed by atoms with Crippen molar-refractivity contribution in [3.05, 3.63) is 45.2 Å². The summed E-state index contributed by atoms with van der Waals surface area (Å²) in [5.41, 5.74) is 3.91. The van der Waals surface area contributed by atoms with Crippen LogP contribution in [0.2, 0.25) is 0 Å². The van der Waals surface area contributed by atoms with E-state index in [4.69, 9.17) is 21.7 Å². The van der Waals surface area contributed by atoms with E-state index >= 15 is 0 Å². The summed E-state index contributed by atoms with van der Waals surface area (Å²) in [6.07, 6.45) is 2.01. The van der Waals surface area contributed by atoms with E-state index in [1.165, 1.54) is 5.56 Å². The van der Waals surface area contributed by atoms with Crippen LogP contribution in [0, 0.1) is 13.8 Å². The molecular formula is C27H41N5O3S. The minimum atomic E-state index is -0.0391. The van der Waals surface area contributed by atoms with Gasteiger partial charge < -0.3 is 24.7 Å². The third kappa shape index (κ3) is 7.73. The molecule has 2 aromatic rings. The molecule has 0 saturated carbocycles. The molecule has 36 heavy (non-hydrogen) atoms. The lowest BCUT2D eigenvalue weighted by atomic mass is 10.1. The lowest BCUT2D eigenvalue weighted by Gasteiger charge is -2.30. The van der Waals surface area contributed by atoms with Gasteiger partial charge in [0.15, 0.2) is 5.11 Å². The van der Waals surface area contributed by atoms with Crippen molar-refractivity contribution in [1.82, 2.24) is 25.0 Å². The van der Waals surface area contributed by atoms with Crippen molar-refractivity contribution in [2.45, 2.75) is 33.2 Å². The molecule has 0 amide bonds. The number of hydrogen-bond acceptors (Lipinski definition) is 6. The minimum Gasteiger partial charge on any atom is -0.379 e. The average molecular weight is 516 g/mol. The van der Waals surface area contributed by atoms with Crippen molar-refractivity contribution < 1.29 is 9.47 Å². The van der Waals surface area contributed by atoms with Gasteiger partial charge in [0.25, 0.3) is 5.56 Å². The van der Waals surface area contributed by atoms with Crippen molar-refractivity contribution >= 4 is 28.2 Å². The Hall–Kier alpha value is -2.04. The fourth-order valence-corrected chi connectivity index (χ4v) is 5.31. The Balaban J connectivity index is 1.39. The molecule has 9 heteroatoms. The number of benzene rings is 1. The van der Waals surface area contributed by atoms with Crippen LogP contribution in [0.5, 0.6) is 0 Å². The maximum absolute atomic E-state index is 13.0. The maximum Gasteiger partial charge on any atom is 0.253 e. The Labute approximate surface area is 219 Å². The van der Waals surface area contributed by atoms with Crippen LogP contribution < -0.4 is 10.9 Å². The van der Waals surface area contributed by atoms with Crippen molar-refractivity contribution in [2.75, 3.05) is 78.8 Å². The second kappa shape index (κ2) is 13.5. The van der Waals surface area contributed by atoms with Gasteiger partial charge in [0, 0.05) is 51.4 Å². The number of ether oxygens (including phenoxy) is 2. The topological polar surface area (TPSA) is 73.1 Å². The first-order valence-electron chi connectivity index (χ1n) is 13.3. The first kappa shape index (κ1) is 27.0. The molecule has 1 aromatic heterocycles. The highest BCUT2D eigenvalue weighted by molar-refractivity contribution is 7.80. The van der Waals surface area contributed by atoms with Gasteiger partial charge in [0.2, 0.25) is 0 Å². The molecule has 0 bridgehead atoms. The third-order valence-electron chi connectivity index (χ3n) is 7.06. The van der Waals surface area contributed by atoms with Crippen molar-refractivity contribution in [3.63, 3.8) is 0 Å². The number of rotatable bonds is 10. The molecule has 1 aromatic carbocycles. The van der Waals surface area contributed by atoms with Crippen LogP contribution in [-0.2, 0) is 16.0 Å². The molecule has 198 valence electrons. The highest BCUT2D eigenvalue weighted by Gasteiger charge is 2.16.